The maximum absolute atomic E-state index is 12.8. The van der Waals surface area contributed by atoms with Gasteiger partial charge in [0.1, 0.15) is 11.6 Å². The van der Waals surface area contributed by atoms with Crippen LogP contribution in [-0.2, 0) is 9.59 Å². The predicted molar refractivity (Wildman–Crippen MR) is 110 cm³/mol. The SMILES string of the molecule is COc1ccc(C(C)NC(=O)CSCC(=O)Nc2ccc(F)cc2)cc1Br. The molecular weight excluding hydrogens is 435 g/mol. The van der Waals surface area contributed by atoms with Crippen LogP contribution in [0.5, 0.6) is 5.75 Å². The Labute approximate surface area is 170 Å². The highest BCUT2D eigenvalue weighted by atomic mass is 79.9. The highest BCUT2D eigenvalue weighted by Gasteiger charge is 2.12. The van der Waals surface area contributed by atoms with Crippen molar-refractivity contribution in [1.82, 2.24) is 5.32 Å². The molecule has 2 amide bonds. The highest BCUT2D eigenvalue weighted by Crippen LogP contribution is 2.28. The second kappa shape index (κ2) is 10.3. The normalized spacial score (nSPS) is 11.6. The van der Waals surface area contributed by atoms with Gasteiger partial charge in [0, 0.05) is 5.69 Å². The minimum Gasteiger partial charge on any atom is -0.496 e. The van der Waals surface area contributed by atoms with Crippen LogP contribution in [0.25, 0.3) is 0 Å². The Bertz CT molecular complexity index is 802. The molecule has 2 N–H and O–H groups in total. The quantitative estimate of drug-likeness (QED) is 0.628. The molecule has 2 aromatic carbocycles. The molecule has 0 aliphatic heterocycles. The van der Waals surface area contributed by atoms with Gasteiger partial charge in [0.25, 0.3) is 0 Å². The van der Waals surface area contributed by atoms with Crippen molar-refractivity contribution in [3.05, 3.63) is 58.3 Å². The number of hydrogen-bond donors (Lipinski definition) is 2. The number of methoxy groups -OCH3 is 1. The number of ether oxygens (including phenoxy) is 1. The fraction of sp³-hybridized carbons (Fsp3) is 0.263. The van der Waals surface area contributed by atoms with Gasteiger partial charge in [-0.25, -0.2) is 4.39 Å². The maximum Gasteiger partial charge on any atom is 0.234 e. The van der Waals surface area contributed by atoms with Crippen molar-refractivity contribution in [2.75, 3.05) is 23.9 Å². The summed E-state index contributed by atoms with van der Waals surface area (Å²) in [5, 5.41) is 5.55. The molecule has 0 aromatic heterocycles. The molecule has 0 aliphatic carbocycles. The third-order valence-electron chi connectivity index (χ3n) is 3.65. The number of benzene rings is 2. The van der Waals surface area contributed by atoms with Crippen molar-refractivity contribution >= 4 is 45.2 Å². The first-order chi connectivity index (χ1) is 12.9. The number of carbonyl (C=O) groups excluding carboxylic acids is 2. The third kappa shape index (κ3) is 6.88. The van der Waals surface area contributed by atoms with Gasteiger partial charge in [-0.3, -0.25) is 9.59 Å². The molecule has 0 saturated carbocycles. The molecule has 0 radical (unpaired) electrons. The number of thioether (sulfide) groups is 1. The number of halogens is 2. The van der Waals surface area contributed by atoms with Crippen molar-refractivity contribution < 1.29 is 18.7 Å². The lowest BCUT2D eigenvalue weighted by atomic mass is 10.1. The standard InChI is InChI=1S/C19H20BrFN2O3S/c1-12(13-3-8-17(26-2)16(20)9-13)22-18(24)10-27-11-19(25)23-15-6-4-14(21)5-7-15/h3-9,12H,10-11H2,1-2H3,(H,22,24)(H,23,25). The number of hydrogen-bond acceptors (Lipinski definition) is 4. The monoisotopic (exact) mass is 454 g/mol. The van der Waals surface area contributed by atoms with Crippen LogP contribution in [0.3, 0.4) is 0 Å². The van der Waals surface area contributed by atoms with Crippen molar-refractivity contribution in [2.45, 2.75) is 13.0 Å². The zero-order valence-corrected chi connectivity index (χ0v) is 17.3. The fourth-order valence-corrected chi connectivity index (χ4v) is 3.47. The molecule has 0 heterocycles. The second-order valence-corrected chi connectivity index (χ2v) is 7.57. The summed E-state index contributed by atoms with van der Waals surface area (Å²) in [7, 11) is 1.59. The summed E-state index contributed by atoms with van der Waals surface area (Å²) >= 11 is 4.63. The molecule has 2 aromatic rings. The number of amides is 2. The van der Waals surface area contributed by atoms with Crippen LogP contribution >= 0.6 is 27.7 Å². The van der Waals surface area contributed by atoms with Gasteiger partial charge in [-0.2, -0.15) is 0 Å². The molecule has 1 unspecified atom stereocenters. The molecule has 27 heavy (non-hydrogen) atoms. The summed E-state index contributed by atoms with van der Waals surface area (Å²) < 4.78 is 18.8. The molecule has 0 aliphatic rings. The molecule has 144 valence electrons. The first-order valence-electron chi connectivity index (χ1n) is 8.15. The van der Waals surface area contributed by atoms with Gasteiger partial charge in [-0.05, 0) is 64.8 Å². The Hall–Kier alpha value is -2.06. The zero-order chi connectivity index (χ0) is 19.8. The summed E-state index contributed by atoms with van der Waals surface area (Å²) in [6.07, 6.45) is 0. The molecule has 2 rings (SSSR count). The average Bonchev–Trinajstić information content (AvgIpc) is 2.63. The van der Waals surface area contributed by atoms with E-state index >= 15 is 0 Å². The summed E-state index contributed by atoms with van der Waals surface area (Å²) in [5.41, 5.74) is 1.46. The largest absolute Gasteiger partial charge is 0.496 e. The number of nitrogens with one attached hydrogen (secondary N) is 2. The summed E-state index contributed by atoms with van der Waals surface area (Å²) in [5.74, 6) is 0.254. The van der Waals surface area contributed by atoms with E-state index in [-0.39, 0.29) is 35.2 Å². The smallest absolute Gasteiger partial charge is 0.234 e. The Morgan fingerprint density at radius 3 is 2.44 bits per heavy atom. The van der Waals surface area contributed by atoms with E-state index in [9.17, 15) is 14.0 Å². The van der Waals surface area contributed by atoms with Gasteiger partial charge in [-0.1, -0.05) is 6.07 Å². The van der Waals surface area contributed by atoms with Crippen molar-refractivity contribution in [1.29, 1.82) is 0 Å². The fourth-order valence-electron chi connectivity index (χ4n) is 2.29. The minimum absolute atomic E-state index is 0.132. The van der Waals surface area contributed by atoms with E-state index in [4.69, 9.17) is 4.74 Å². The van der Waals surface area contributed by atoms with Crippen LogP contribution in [0.2, 0.25) is 0 Å². The van der Waals surface area contributed by atoms with E-state index in [1.54, 1.807) is 7.11 Å². The molecule has 5 nitrogen and oxygen atoms in total. The summed E-state index contributed by atoms with van der Waals surface area (Å²) in [6.45, 7) is 1.89. The van der Waals surface area contributed by atoms with Crippen LogP contribution in [0, 0.1) is 5.82 Å². The molecular formula is C19H20BrFN2O3S. The van der Waals surface area contributed by atoms with Gasteiger partial charge >= 0.3 is 0 Å². The van der Waals surface area contributed by atoms with Crippen LogP contribution < -0.4 is 15.4 Å². The first kappa shape index (κ1) is 21.2. The van der Waals surface area contributed by atoms with E-state index in [0.29, 0.717) is 5.69 Å². The zero-order valence-electron chi connectivity index (χ0n) is 14.9. The first-order valence-corrected chi connectivity index (χ1v) is 10.1. The minimum atomic E-state index is -0.364. The maximum atomic E-state index is 12.8. The van der Waals surface area contributed by atoms with Crippen molar-refractivity contribution in [3.8, 4) is 5.75 Å². The van der Waals surface area contributed by atoms with Crippen LogP contribution in [0.1, 0.15) is 18.5 Å². The Kier molecular flexibility index (Phi) is 8.12. The Morgan fingerprint density at radius 2 is 1.81 bits per heavy atom. The molecule has 0 saturated heterocycles. The predicted octanol–water partition coefficient (Wildman–Crippen LogP) is 4.15. The van der Waals surface area contributed by atoms with E-state index in [0.717, 1.165) is 15.8 Å². The summed E-state index contributed by atoms with van der Waals surface area (Å²) in [4.78, 5) is 23.9. The van der Waals surface area contributed by atoms with Gasteiger partial charge in [-0.15, -0.1) is 11.8 Å². The molecule has 8 heteroatoms. The van der Waals surface area contributed by atoms with E-state index in [2.05, 4.69) is 26.6 Å². The highest BCUT2D eigenvalue weighted by molar-refractivity contribution is 9.10. The lowest BCUT2D eigenvalue weighted by Gasteiger charge is -2.15. The third-order valence-corrected chi connectivity index (χ3v) is 5.20. The number of rotatable bonds is 8. The van der Waals surface area contributed by atoms with Gasteiger partial charge < -0.3 is 15.4 Å². The van der Waals surface area contributed by atoms with E-state index < -0.39 is 0 Å². The topological polar surface area (TPSA) is 67.4 Å². The van der Waals surface area contributed by atoms with Crippen molar-refractivity contribution in [3.63, 3.8) is 0 Å². The average molecular weight is 455 g/mol. The Morgan fingerprint density at radius 1 is 1.15 bits per heavy atom. The van der Waals surface area contributed by atoms with Gasteiger partial charge in [0.2, 0.25) is 11.8 Å². The van der Waals surface area contributed by atoms with Crippen LogP contribution in [-0.4, -0.2) is 30.4 Å². The van der Waals surface area contributed by atoms with Crippen LogP contribution in [0.15, 0.2) is 46.9 Å². The summed E-state index contributed by atoms with van der Waals surface area (Å²) in [6, 6.07) is 11.0. The number of carbonyl (C=O) groups is 2. The second-order valence-electron chi connectivity index (χ2n) is 5.73. The van der Waals surface area contributed by atoms with Gasteiger partial charge in [0.05, 0.1) is 29.1 Å². The van der Waals surface area contributed by atoms with E-state index in [1.807, 2.05) is 25.1 Å². The number of anilines is 1. The van der Waals surface area contributed by atoms with E-state index in [1.165, 1.54) is 36.0 Å². The lowest BCUT2D eigenvalue weighted by Crippen LogP contribution is -2.28. The molecule has 0 spiro atoms. The van der Waals surface area contributed by atoms with Crippen molar-refractivity contribution in [2.24, 2.45) is 0 Å². The lowest BCUT2D eigenvalue weighted by molar-refractivity contribution is -0.119. The molecule has 1 atom stereocenters. The van der Waals surface area contributed by atoms with Gasteiger partial charge in [0.15, 0.2) is 0 Å². The Balaban J connectivity index is 1.74. The van der Waals surface area contributed by atoms with Crippen LogP contribution in [0.4, 0.5) is 10.1 Å². The molecule has 0 bridgehead atoms. The molecule has 0 fully saturated rings.